The summed E-state index contributed by atoms with van der Waals surface area (Å²) < 4.78 is 5.62. The highest BCUT2D eigenvalue weighted by Crippen LogP contribution is 2.24. The van der Waals surface area contributed by atoms with Crippen molar-refractivity contribution in [3.05, 3.63) is 64.2 Å². The average molecular weight is 272 g/mol. The monoisotopic (exact) mass is 272 g/mol. The minimum Gasteiger partial charge on any atom is -0.457 e. The summed E-state index contributed by atoms with van der Waals surface area (Å²) in [5.41, 5.74) is 6.93. The molecule has 0 heterocycles. The van der Waals surface area contributed by atoms with Crippen molar-refractivity contribution < 1.29 is 9.66 Å². The number of hydrogen-bond acceptors (Lipinski definition) is 4. The third-order valence-electron chi connectivity index (χ3n) is 2.76. The molecule has 2 rings (SSSR count). The molecule has 2 aromatic rings. The zero-order valence-electron chi connectivity index (χ0n) is 11.2. The first kappa shape index (κ1) is 14.0. The van der Waals surface area contributed by atoms with Crippen LogP contribution in [0, 0.1) is 10.1 Å². The van der Waals surface area contributed by atoms with Gasteiger partial charge in [-0.15, -0.1) is 0 Å². The predicted octanol–water partition coefficient (Wildman–Crippen LogP) is 3.28. The van der Waals surface area contributed by atoms with E-state index in [1.807, 2.05) is 31.2 Å². The summed E-state index contributed by atoms with van der Waals surface area (Å²) in [6.45, 7) is 1.96. The summed E-state index contributed by atoms with van der Waals surface area (Å²) in [5, 5.41) is 10.6. The first-order valence-corrected chi connectivity index (χ1v) is 6.31. The standard InChI is InChI=1S/C15H16N2O3/c1-11(16)10-12-2-6-14(7-3-12)20-15-8-4-13(5-9-15)17(18)19/h2-9,11H,10,16H2,1H3. The van der Waals surface area contributed by atoms with E-state index in [-0.39, 0.29) is 11.7 Å². The number of nitrogens with zero attached hydrogens (tertiary/aromatic N) is 1. The summed E-state index contributed by atoms with van der Waals surface area (Å²) in [6.07, 6.45) is 0.817. The Bertz CT molecular complexity index is 577. The smallest absolute Gasteiger partial charge is 0.269 e. The normalized spacial score (nSPS) is 11.9. The Hall–Kier alpha value is -2.40. The van der Waals surface area contributed by atoms with Crippen molar-refractivity contribution in [3.8, 4) is 11.5 Å². The molecule has 0 aliphatic heterocycles. The van der Waals surface area contributed by atoms with Crippen molar-refractivity contribution >= 4 is 5.69 Å². The van der Waals surface area contributed by atoms with Crippen LogP contribution in [0.15, 0.2) is 48.5 Å². The molecule has 0 saturated heterocycles. The predicted molar refractivity (Wildman–Crippen MR) is 77.0 cm³/mol. The fourth-order valence-corrected chi connectivity index (χ4v) is 1.84. The lowest BCUT2D eigenvalue weighted by atomic mass is 10.1. The van der Waals surface area contributed by atoms with Crippen LogP contribution in [0.4, 0.5) is 5.69 Å². The maximum atomic E-state index is 10.6. The maximum Gasteiger partial charge on any atom is 0.269 e. The quantitative estimate of drug-likeness (QED) is 0.669. The molecule has 1 atom stereocenters. The van der Waals surface area contributed by atoms with Gasteiger partial charge in [-0.05, 0) is 43.2 Å². The third-order valence-corrected chi connectivity index (χ3v) is 2.76. The molecule has 20 heavy (non-hydrogen) atoms. The molecule has 104 valence electrons. The average Bonchev–Trinajstić information content (AvgIpc) is 2.41. The van der Waals surface area contributed by atoms with Crippen molar-refractivity contribution in [2.45, 2.75) is 19.4 Å². The second-order valence-electron chi connectivity index (χ2n) is 4.68. The Kier molecular flexibility index (Phi) is 4.32. The molecule has 2 aromatic carbocycles. The lowest BCUT2D eigenvalue weighted by molar-refractivity contribution is -0.384. The van der Waals surface area contributed by atoms with Crippen LogP contribution in [-0.4, -0.2) is 11.0 Å². The number of hydrogen-bond donors (Lipinski definition) is 1. The van der Waals surface area contributed by atoms with E-state index in [1.54, 1.807) is 12.1 Å². The Balaban J connectivity index is 2.04. The molecular formula is C15H16N2O3. The molecule has 5 nitrogen and oxygen atoms in total. The lowest BCUT2D eigenvalue weighted by Gasteiger charge is -2.08. The highest BCUT2D eigenvalue weighted by molar-refractivity contribution is 5.39. The fourth-order valence-electron chi connectivity index (χ4n) is 1.84. The molecule has 0 aliphatic rings. The molecule has 0 saturated carbocycles. The molecule has 0 aromatic heterocycles. The van der Waals surface area contributed by atoms with Gasteiger partial charge < -0.3 is 10.5 Å². The summed E-state index contributed by atoms with van der Waals surface area (Å²) in [6, 6.07) is 13.8. The molecule has 0 bridgehead atoms. The van der Waals surface area contributed by atoms with Gasteiger partial charge in [-0.1, -0.05) is 12.1 Å². The molecule has 5 heteroatoms. The van der Waals surface area contributed by atoms with Gasteiger partial charge in [0.2, 0.25) is 0 Å². The van der Waals surface area contributed by atoms with Crippen LogP contribution in [0.1, 0.15) is 12.5 Å². The molecule has 0 fully saturated rings. The van der Waals surface area contributed by atoms with Crippen LogP contribution < -0.4 is 10.5 Å². The number of rotatable bonds is 5. The van der Waals surface area contributed by atoms with Crippen LogP contribution in [0.5, 0.6) is 11.5 Å². The van der Waals surface area contributed by atoms with Crippen LogP contribution in [-0.2, 0) is 6.42 Å². The molecule has 1 unspecified atom stereocenters. The second-order valence-corrected chi connectivity index (χ2v) is 4.68. The first-order chi connectivity index (χ1) is 9.54. The van der Waals surface area contributed by atoms with E-state index in [0.29, 0.717) is 11.5 Å². The SMILES string of the molecule is CC(N)Cc1ccc(Oc2ccc([N+](=O)[O-])cc2)cc1. The number of nitrogens with two attached hydrogens (primary N) is 1. The van der Waals surface area contributed by atoms with Gasteiger partial charge >= 0.3 is 0 Å². The lowest BCUT2D eigenvalue weighted by Crippen LogP contribution is -2.17. The molecule has 0 radical (unpaired) electrons. The minimum atomic E-state index is -0.438. The van der Waals surface area contributed by atoms with E-state index in [0.717, 1.165) is 12.0 Å². The van der Waals surface area contributed by atoms with Crippen molar-refractivity contribution in [2.75, 3.05) is 0 Å². The Morgan fingerprint density at radius 3 is 2.05 bits per heavy atom. The largest absolute Gasteiger partial charge is 0.457 e. The molecule has 0 aliphatic carbocycles. The van der Waals surface area contributed by atoms with Gasteiger partial charge in [-0.2, -0.15) is 0 Å². The van der Waals surface area contributed by atoms with Crippen LogP contribution in [0.25, 0.3) is 0 Å². The summed E-state index contributed by atoms with van der Waals surface area (Å²) in [4.78, 5) is 10.1. The minimum absolute atomic E-state index is 0.0460. The zero-order valence-corrected chi connectivity index (χ0v) is 11.2. The summed E-state index contributed by atoms with van der Waals surface area (Å²) in [5.74, 6) is 1.25. The van der Waals surface area contributed by atoms with E-state index in [1.165, 1.54) is 12.1 Å². The van der Waals surface area contributed by atoms with E-state index in [4.69, 9.17) is 10.5 Å². The van der Waals surface area contributed by atoms with Gasteiger partial charge in [0.05, 0.1) is 4.92 Å². The van der Waals surface area contributed by atoms with Crippen LogP contribution >= 0.6 is 0 Å². The number of non-ortho nitro benzene ring substituents is 1. The van der Waals surface area contributed by atoms with Gasteiger partial charge in [-0.3, -0.25) is 10.1 Å². The highest BCUT2D eigenvalue weighted by Gasteiger charge is 2.05. The van der Waals surface area contributed by atoms with Crippen LogP contribution in [0.2, 0.25) is 0 Å². The van der Waals surface area contributed by atoms with Crippen LogP contribution in [0.3, 0.4) is 0 Å². The van der Waals surface area contributed by atoms with Gasteiger partial charge in [0, 0.05) is 18.2 Å². The molecule has 2 N–H and O–H groups in total. The second kappa shape index (κ2) is 6.16. The van der Waals surface area contributed by atoms with Crippen molar-refractivity contribution in [2.24, 2.45) is 5.73 Å². The van der Waals surface area contributed by atoms with Gasteiger partial charge in [0.15, 0.2) is 0 Å². The molecule has 0 amide bonds. The third kappa shape index (κ3) is 3.80. The summed E-state index contributed by atoms with van der Waals surface area (Å²) in [7, 11) is 0. The highest BCUT2D eigenvalue weighted by atomic mass is 16.6. The first-order valence-electron chi connectivity index (χ1n) is 6.31. The number of nitro benzene ring substituents is 1. The van der Waals surface area contributed by atoms with E-state index in [2.05, 4.69) is 0 Å². The van der Waals surface area contributed by atoms with E-state index < -0.39 is 4.92 Å². The Morgan fingerprint density at radius 1 is 1.10 bits per heavy atom. The molecular weight excluding hydrogens is 256 g/mol. The zero-order chi connectivity index (χ0) is 14.5. The topological polar surface area (TPSA) is 78.4 Å². The van der Waals surface area contributed by atoms with Crippen molar-refractivity contribution in [1.29, 1.82) is 0 Å². The Morgan fingerprint density at radius 2 is 1.60 bits per heavy atom. The van der Waals surface area contributed by atoms with E-state index in [9.17, 15) is 10.1 Å². The number of benzene rings is 2. The van der Waals surface area contributed by atoms with E-state index >= 15 is 0 Å². The van der Waals surface area contributed by atoms with Crippen molar-refractivity contribution in [1.82, 2.24) is 0 Å². The van der Waals surface area contributed by atoms with Crippen molar-refractivity contribution in [3.63, 3.8) is 0 Å². The fraction of sp³-hybridized carbons (Fsp3) is 0.200. The maximum absolute atomic E-state index is 10.6. The Labute approximate surface area is 117 Å². The molecule has 0 spiro atoms. The van der Waals surface area contributed by atoms with Gasteiger partial charge in [0.25, 0.3) is 5.69 Å². The number of nitro groups is 1. The van der Waals surface area contributed by atoms with Gasteiger partial charge in [-0.25, -0.2) is 0 Å². The summed E-state index contributed by atoms with van der Waals surface area (Å²) >= 11 is 0. The van der Waals surface area contributed by atoms with Gasteiger partial charge in [0.1, 0.15) is 11.5 Å². The number of ether oxygens (including phenoxy) is 1.